The highest BCUT2D eigenvalue weighted by Crippen LogP contribution is 2.31. The number of rotatable bonds is 4. The molecule has 0 aliphatic heterocycles. The summed E-state index contributed by atoms with van der Waals surface area (Å²) in [6.45, 7) is 1.89. The molecule has 1 saturated carbocycles. The average molecular weight is 324 g/mol. The first-order chi connectivity index (χ1) is 11.5. The Hall–Kier alpha value is -2.86. The molecular weight excluding hydrogens is 304 g/mol. The van der Waals surface area contributed by atoms with E-state index in [-0.39, 0.29) is 12.5 Å². The van der Waals surface area contributed by atoms with E-state index in [4.69, 9.17) is 5.26 Å². The number of amides is 2. The van der Waals surface area contributed by atoms with Crippen LogP contribution in [0.1, 0.15) is 48.5 Å². The summed E-state index contributed by atoms with van der Waals surface area (Å²) in [4.78, 5) is 24.1. The number of hydrogen-bond acceptors (Lipinski definition) is 4. The first-order valence-electron chi connectivity index (χ1n) is 7.98. The lowest BCUT2D eigenvalue weighted by Gasteiger charge is -2.35. The molecule has 1 aromatic carbocycles. The standard InChI is InChI=1S/C18H20N4O2/c1-13-3-2-8-18(9-13,12-20)22-16(23)11-21-17(24)15-6-4-14(10-19)5-7-15/h4-7,13H,2-3,8-9,11H2,1H3,(H,21,24)(H,22,23)/t13-,18-/m1/s1. The van der Waals surface area contributed by atoms with Crippen LogP contribution in [-0.2, 0) is 4.79 Å². The van der Waals surface area contributed by atoms with Gasteiger partial charge in [-0.1, -0.05) is 13.3 Å². The van der Waals surface area contributed by atoms with Crippen LogP contribution in [0.2, 0.25) is 0 Å². The van der Waals surface area contributed by atoms with E-state index < -0.39 is 11.4 Å². The van der Waals surface area contributed by atoms with Crippen molar-refractivity contribution in [3.05, 3.63) is 35.4 Å². The van der Waals surface area contributed by atoms with Crippen molar-refractivity contribution in [1.82, 2.24) is 10.6 Å². The Bertz CT molecular complexity index is 699. The second kappa shape index (κ2) is 7.61. The third-order valence-electron chi connectivity index (χ3n) is 4.28. The Morgan fingerprint density at radius 1 is 1.29 bits per heavy atom. The van der Waals surface area contributed by atoms with Crippen molar-refractivity contribution < 1.29 is 9.59 Å². The first-order valence-corrected chi connectivity index (χ1v) is 7.98. The Kier molecular flexibility index (Phi) is 5.55. The van der Waals surface area contributed by atoms with Crippen molar-refractivity contribution in [3.8, 4) is 12.1 Å². The Morgan fingerprint density at radius 2 is 2.00 bits per heavy atom. The SMILES string of the molecule is C[C@@H]1CCC[C@@](C#N)(NC(=O)CNC(=O)c2ccc(C#N)cc2)C1. The molecule has 2 atom stereocenters. The second-order valence-corrected chi connectivity index (χ2v) is 6.32. The number of hydrogen-bond donors (Lipinski definition) is 2. The van der Waals surface area contributed by atoms with Gasteiger partial charge in [-0.2, -0.15) is 10.5 Å². The highest BCUT2D eigenvalue weighted by atomic mass is 16.2. The number of nitrogens with zero attached hydrogens (tertiary/aromatic N) is 2. The van der Waals surface area contributed by atoms with Crippen LogP contribution < -0.4 is 10.6 Å². The zero-order valence-electron chi connectivity index (χ0n) is 13.6. The van der Waals surface area contributed by atoms with E-state index in [2.05, 4.69) is 23.6 Å². The van der Waals surface area contributed by atoms with Crippen LogP contribution in [0, 0.1) is 28.6 Å². The molecule has 0 bridgehead atoms. The fraction of sp³-hybridized carbons (Fsp3) is 0.444. The molecule has 6 heteroatoms. The molecule has 0 aromatic heterocycles. The van der Waals surface area contributed by atoms with Crippen LogP contribution in [0.4, 0.5) is 0 Å². The molecule has 0 radical (unpaired) electrons. The molecule has 1 fully saturated rings. The smallest absolute Gasteiger partial charge is 0.251 e. The minimum absolute atomic E-state index is 0.184. The van der Waals surface area contributed by atoms with Crippen molar-refractivity contribution in [2.45, 2.75) is 38.1 Å². The summed E-state index contributed by atoms with van der Waals surface area (Å²) in [5.41, 5.74) is 0.0169. The van der Waals surface area contributed by atoms with Gasteiger partial charge in [-0.05, 0) is 49.4 Å². The Balaban J connectivity index is 1.89. The Labute approximate surface area is 141 Å². The lowest BCUT2D eigenvalue weighted by Crippen LogP contribution is -2.52. The van der Waals surface area contributed by atoms with Gasteiger partial charge in [0.2, 0.25) is 5.91 Å². The minimum Gasteiger partial charge on any atom is -0.343 e. The van der Waals surface area contributed by atoms with Gasteiger partial charge in [0.05, 0.1) is 24.2 Å². The maximum absolute atomic E-state index is 12.1. The summed E-state index contributed by atoms with van der Waals surface area (Å²) in [6, 6.07) is 10.4. The van der Waals surface area contributed by atoms with Gasteiger partial charge < -0.3 is 10.6 Å². The molecule has 1 aliphatic rings. The normalized spacial score (nSPS) is 22.7. The summed E-state index contributed by atoms with van der Waals surface area (Å²) in [6.07, 6.45) is 3.25. The van der Waals surface area contributed by atoms with Crippen LogP contribution >= 0.6 is 0 Å². The van der Waals surface area contributed by atoms with Gasteiger partial charge in [0.15, 0.2) is 0 Å². The van der Waals surface area contributed by atoms with Gasteiger partial charge in [-0.25, -0.2) is 0 Å². The highest BCUT2D eigenvalue weighted by Gasteiger charge is 2.36. The monoisotopic (exact) mass is 324 g/mol. The van der Waals surface area contributed by atoms with E-state index in [1.54, 1.807) is 12.1 Å². The highest BCUT2D eigenvalue weighted by molar-refractivity contribution is 5.96. The Morgan fingerprint density at radius 3 is 2.58 bits per heavy atom. The molecule has 24 heavy (non-hydrogen) atoms. The quantitative estimate of drug-likeness (QED) is 0.882. The number of carbonyl (C=O) groups is 2. The van der Waals surface area contributed by atoms with Crippen molar-refractivity contribution in [1.29, 1.82) is 10.5 Å². The molecule has 1 aliphatic carbocycles. The molecule has 2 amide bonds. The molecule has 124 valence electrons. The van der Waals surface area contributed by atoms with Crippen molar-refractivity contribution in [3.63, 3.8) is 0 Å². The van der Waals surface area contributed by atoms with E-state index in [0.29, 0.717) is 29.9 Å². The summed E-state index contributed by atoms with van der Waals surface area (Å²) in [5.74, 6) is -0.364. The fourth-order valence-electron chi connectivity index (χ4n) is 3.06. The zero-order chi connectivity index (χ0) is 17.6. The van der Waals surface area contributed by atoms with Crippen LogP contribution in [0.3, 0.4) is 0 Å². The number of nitriles is 2. The second-order valence-electron chi connectivity index (χ2n) is 6.32. The average Bonchev–Trinajstić information content (AvgIpc) is 2.59. The van der Waals surface area contributed by atoms with Crippen LogP contribution in [0.15, 0.2) is 24.3 Å². The molecule has 6 nitrogen and oxygen atoms in total. The largest absolute Gasteiger partial charge is 0.343 e. The lowest BCUT2D eigenvalue weighted by molar-refractivity contribution is -0.121. The van der Waals surface area contributed by atoms with Crippen LogP contribution in [0.5, 0.6) is 0 Å². The molecule has 1 aromatic rings. The van der Waals surface area contributed by atoms with Gasteiger partial charge >= 0.3 is 0 Å². The van der Waals surface area contributed by atoms with Gasteiger partial charge in [0, 0.05) is 5.56 Å². The van der Waals surface area contributed by atoms with Crippen LogP contribution in [0.25, 0.3) is 0 Å². The predicted molar refractivity (Wildman–Crippen MR) is 87.6 cm³/mol. The van der Waals surface area contributed by atoms with Crippen molar-refractivity contribution in [2.75, 3.05) is 6.54 Å². The van der Waals surface area contributed by atoms with E-state index >= 15 is 0 Å². The van der Waals surface area contributed by atoms with E-state index in [1.165, 1.54) is 12.1 Å². The summed E-state index contributed by atoms with van der Waals surface area (Å²) in [5, 5.41) is 23.5. The number of carbonyl (C=O) groups excluding carboxylic acids is 2. The third kappa shape index (κ3) is 4.33. The van der Waals surface area contributed by atoms with Gasteiger partial charge in [0.25, 0.3) is 5.91 Å². The van der Waals surface area contributed by atoms with Gasteiger partial charge in [-0.15, -0.1) is 0 Å². The summed E-state index contributed by atoms with van der Waals surface area (Å²) < 4.78 is 0. The predicted octanol–water partition coefficient (Wildman–Crippen LogP) is 1.88. The zero-order valence-corrected chi connectivity index (χ0v) is 13.6. The molecule has 2 N–H and O–H groups in total. The fourth-order valence-corrected chi connectivity index (χ4v) is 3.06. The molecule has 2 rings (SSSR count). The van der Waals surface area contributed by atoms with Crippen molar-refractivity contribution in [2.24, 2.45) is 5.92 Å². The molecule has 0 heterocycles. The molecule has 0 saturated heterocycles. The minimum atomic E-state index is -0.825. The van der Waals surface area contributed by atoms with Crippen LogP contribution in [-0.4, -0.2) is 23.9 Å². The molecule has 0 unspecified atom stereocenters. The lowest BCUT2D eigenvalue weighted by atomic mass is 9.77. The van der Waals surface area contributed by atoms with Gasteiger partial charge in [-0.3, -0.25) is 9.59 Å². The van der Waals surface area contributed by atoms with Crippen molar-refractivity contribution >= 4 is 11.8 Å². The third-order valence-corrected chi connectivity index (χ3v) is 4.28. The maximum Gasteiger partial charge on any atom is 0.251 e. The maximum atomic E-state index is 12.1. The van der Waals surface area contributed by atoms with E-state index in [1.807, 2.05) is 6.07 Å². The topological polar surface area (TPSA) is 106 Å². The summed E-state index contributed by atoms with van der Waals surface area (Å²) >= 11 is 0. The molecular formula is C18H20N4O2. The van der Waals surface area contributed by atoms with E-state index in [9.17, 15) is 14.9 Å². The van der Waals surface area contributed by atoms with E-state index in [0.717, 1.165) is 12.8 Å². The number of nitrogens with one attached hydrogen (secondary N) is 2. The van der Waals surface area contributed by atoms with Gasteiger partial charge in [0.1, 0.15) is 5.54 Å². The number of benzene rings is 1. The first kappa shape index (κ1) is 17.5. The summed E-state index contributed by atoms with van der Waals surface area (Å²) in [7, 11) is 0. The molecule has 0 spiro atoms.